The van der Waals surface area contributed by atoms with Crippen molar-refractivity contribution >= 4 is 10.9 Å². The molecule has 0 unspecified atom stereocenters. The monoisotopic (exact) mass is 291 g/mol. The fourth-order valence-electron chi connectivity index (χ4n) is 3.39. The molecule has 1 aliphatic carbocycles. The summed E-state index contributed by atoms with van der Waals surface area (Å²) >= 11 is 0. The Morgan fingerprint density at radius 2 is 1.73 bits per heavy atom. The SMILES string of the molecule is Cc1c(C2CCC2)nc2ccccc2c1-c1ccc(F)cc1. The van der Waals surface area contributed by atoms with E-state index >= 15 is 0 Å². The summed E-state index contributed by atoms with van der Waals surface area (Å²) < 4.78 is 13.3. The molecule has 1 saturated carbocycles. The Balaban J connectivity index is 2.01. The Bertz CT molecular complexity index is 832. The third-order valence-corrected chi connectivity index (χ3v) is 4.80. The van der Waals surface area contributed by atoms with E-state index in [1.807, 2.05) is 24.3 Å². The summed E-state index contributed by atoms with van der Waals surface area (Å²) in [6.45, 7) is 2.16. The van der Waals surface area contributed by atoms with Crippen molar-refractivity contribution in [3.8, 4) is 11.1 Å². The zero-order valence-electron chi connectivity index (χ0n) is 12.6. The van der Waals surface area contributed by atoms with Crippen LogP contribution in [0.4, 0.5) is 4.39 Å². The van der Waals surface area contributed by atoms with Crippen molar-refractivity contribution in [3.05, 3.63) is 65.6 Å². The largest absolute Gasteiger partial charge is 0.252 e. The van der Waals surface area contributed by atoms with Crippen LogP contribution in [-0.2, 0) is 0 Å². The molecular formula is C20H18FN. The number of hydrogen-bond acceptors (Lipinski definition) is 1. The molecule has 0 aliphatic heterocycles. The summed E-state index contributed by atoms with van der Waals surface area (Å²) in [6.07, 6.45) is 3.76. The van der Waals surface area contributed by atoms with Crippen LogP contribution in [0.5, 0.6) is 0 Å². The van der Waals surface area contributed by atoms with Gasteiger partial charge in [-0.25, -0.2) is 4.39 Å². The van der Waals surface area contributed by atoms with E-state index in [9.17, 15) is 4.39 Å². The quantitative estimate of drug-likeness (QED) is 0.597. The van der Waals surface area contributed by atoms with Gasteiger partial charge in [-0.3, -0.25) is 4.98 Å². The minimum Gasteiger partial charge on any atom is -0.252 e. The lowest BCUT2D eigenvalue weighted by Gasteiger charge is -2.28. The molecule has 0 radical (unpaired) electrons. The second-order valence-corrected chi connectivity index (χ2v) is 6.15. The molecule has 0 bridgehead atoms. The Morgan fingerprint density at radius 3 is 2.41 bits per heavy atom. The molecule has 4 rings (SSSR count). The van der Waals surface area contributed by atoms with Gasteiger partial charge in [0.15, 0.2) is 0 Å². The molecule has 2 aromatic carbocycles. The van der Waals surface area contributed by atoms with Crippen LogP contribution < -0.4 is 0 Å². The minimum absolute atomic E-state index is 0.195. The summed E-state index contributed by atoms with van der Waals surface area (Å²) in [5.41, 5.74) is 5.78. The Morgan fingerprint density at radius 1 is 1.00 bits per heavy atom. The second-order valence-electron chi connectivity index (χ2n) is 6.15. The molecule has 1 heterocycles. The first-order valence-corrected chi connectivity index (χ1v) is 7.89. The van der Waals surface area contributed by atoms with Crippen molar-refractivity contribution < 1.29 is 4.39 Å². The van der Waals surface area contributed by atoms with Gasteiger partial charge in [0.05, 0.1) is 5.52 Å². The molecule has 110 valence electrons. The van der Waals surface area contributed by atoms with Crippen molar-refractivity contribution in [2.45, 2.75) is 32.1 Å². The smallest absolute Gasteiger partial charge is 0.123 e. The van der Waals surface area contributed by atoms with Gasteiger partial charge in [0, 0.05) is 17.0 Å². The molecule has 2 heteroatoms. The lowest BCUT2D eigenvalue weighted by atomic mass is 9.79. The van der Waals surface area contributed by atoms with E-state index in [0.717, 1.165) is 16.5 Å². The van der Waals surface area contributed by atoms with Crippen molar-refractivity contribution in [2.75, 3.05) is 0 Å². The van der Waals surface area contributed by atoms with Crippen LogP contribution in [0.2, 0.25) is 0 Å². The number of rotatable bonds is 2. The summed E-state index contributed by atoms with van der Waals surface area (Å²) in [6, 6.07) is 15.1. The van der Waals surface area contributed by atoms with E-state index in [1.54, 1.807) is 0 Å². The van der Waals surface area contributed by atoms with Gasteiger partial charge in [-0.2, -0.15) is 0 Å². The molecule has 0 N–H and O–H groups in total. The fraction of sp³-hybridized carbons (Fsp3) is 0.250. The van der Waals surface area contributed by atoms with Gasteiger partial charge in [0.25, 0.3) is 0 Å². The summed E-state index contributed by atoms with van der Waals surface area (Å²) in [5, 5.41) is 1.15. The highest BCUT2D eigenvalue weighted by atomic mass is 19.1. The van der Waals surface area contributed by atoms with Crippen molar-refractivity contribution in [3.63, 3.8) is 0 Å². The first-order valence-electron chi connectivity index (χ1n) is 7.89. The summed E-state index contributed by atoms with van der Waals surface area (Å²) in [4.78, 5) is 4.93. The second kappa shape index (κ2) is 5.20. The van der Waals surface area contributed by atoms with Crippen LogP contribution in [0.25, 0.3) is 22.0 Å². The molecule has 0 spiro atoms. The number of pyridine rings is 1. The average molecular weight is 291 g/mol. The molecule has 22 heavy (non-hydrogen) atoms. The Kier molecular flexibility index (Phi) is 3.18. The van der Waals surface area contributed by atoms with Crippen molar-refractivity contribution in [2.24, 2.45) is 0 Å². The van der Waals surface area contributed by atoms with Gasteiger partial charge >= 0.3 is 0 Å². The zero-order valence-corrected chi connectivity index (χ0v) is 12.6. The van der Waals surface area contributed by atoms with Gasteiger partial charge in [0.2, 0.25) is 0 Å². The van der Waals surface area contributed by atoms with Gasteiger partial charge in [-0.05, 0) is 54.7 Å². The minimum atomic E-state index is -0.195. The van der Waals surface area contributed by atoms with Gasteiger partial charge in [0.1, 0.15) is 5.82 Å². The molecular weight excluding hydrogens is 273 g/mol. The number of benzene rings is 2. The predicted octanol–water partition coefficient (Wildman–Crippen LogP) is 5.62. The number of nitrogens with zero attached hydrogens (tertiary/aromatic N) is 1. The molecule has 1 aliphatic rings. The maximum atomic E-state index is 13.3. The molecule has 0 atom stereocenters. The van der Waals surface area contributed by atoms with E-state index < -0.39 is 0 Å². The number of fused-ring (bicyclic) bond motifs is 1. The number of aromatic nitrogens is 1. The van der Waals surface area contributed by atoms with E-state index in [-0.39, 0.29) is 5.82 Å². The van der Waals surface area contributed by atoms with Crippen LogP contribution in [-0.4, -0.2) is 4.98 Å². The number of hydrogen-bond donors (Lipinski definition) is 0. The van der Waals surface area contributed by atoms with Gasteiger partial charge in [-0.1, -0.05) is 36.8 Å². The maximum absolute atomic E-state index is 13.3. The fourth-order valence-corrected chi connectivity index (χ4v) is 3.39. The van der Waals surface area contributed by atoms with E-state index in [4.69, 9.17) is 4.98 Å². The Hall–Kier alpha value is -2.22. The van der Waals surface area contributed by atoms with Crippen LogP contribution in [0, 0.1) is 12.7 Å². The highest BCUT2D eigenvalue weighted by Crippen LogP contribution is 2.41. The Labute approximate surface area is 129 Å². The standard InChI is InChI=1S/C20H18FN/c1-13-19(14-9-11-16(21)12-10-14)17-7-2-3-8-18(17)22-20(13)15-5-4-6-15/h2-3,7-12,15H,4-6H2,1H3. The van der Waals surface area contributed by atoms with Crippen LogP contribution in [0.1, 0.15) is 36.4 Å². The third kappa shape index (κ3) is 2.10. The van der Waals surface area contributed by atoms with E-state index in [2.05, 4.69) is 19.1 Å². The summed E-state index contributed by atoms with van der Waals surface area (Å²) in [7, 11) is 0. The van der Waals surface area contributed by atoms with E-state index in [1.165, 1.54) is 48.2 Å². The van der Waals surface area contributed by atoms with Crippen molar-refractivity contribution in [1.29, 1.82) is 0 Å². The highest BCUT2D eigenvalue weighted by molar-refractivity contribution is 5.96. The van der Waals surface area contributed by atoms with Gasteiger partial charge in [-0.15, -0.1) is 0 Å². The first kappa shape index (κ1) is 13.4. The molecule has 3 aromatic rings. The van der Waals surface area contributed by atoms with E-state index in [0.29, 0.717) is 5.92 Å². The average Bonchev–Trinajstić information content (AvgIpc) is 2.48. The van der Waals surface area contributed by atoms with Crippen LogP contribution in [0.15, 0.2) is 48.5 Å². The third-order valence-electron chi connectivity index (χ3n) is 4.80. The first-order chi connectivity index (χ1) is 10.7. The van der Waals surface area contributed by atoms with Crippen molar-refractivity contribution in [1.82, 2.24) is 4.98 Å². The molecule has 1 fully saturated rings. The van der Waals surface area contributed by atoms with Gasteiger partial charge < -0.3 is 0 Å². The normalized spacial score (nSPS) is 15.0. The maximum Gasteiger partial charge on any atom is 0.123 e. The highest BCUT2D eigenvalue weighted by Gasteiger charge is 2.25. The lowest BCUT2D eigenvalue weighted by molar-refractivity contribution is 0.410. The van der Waals surface area contributed by atoms with Crippen LogP contribution in [0.3, 0.4) is 0 Å². The summed E-state index contributed by atoms with van der Waals surface area (Å²) in [5.74, 6) is 0.391. The topological polar surface area (TPSA) is 12.9 Å². The molecule has 0 amide bonds. The number of para-hydroxylation sites is 1. The lowest BCUT2D eigenvalue weighted by Crippen LogP contribution is -2.13. The number of halogens is 1. The zero-order chi connectivity index (χ0) is 15.1. The molecule has 1 nitrogen and oxygen atoms in total. The predicted molar refractivity (Wildman–Crippen MR) is 88.5 cm³/mol. The van der Waals surface area contributed by atoms with Crippen LogP contribution >= 0.6 is 0 Å². The molecule has 0 saturated heterocycles. The molecule has 1 aromatic heterocycles.